The Balaban J connectivity index is 4.21. The molecule has 470 valence electrons. The first-order chi connectivity index (χ1) is 40.5. The van der Waals surface area contributed by atoms with Gasteiger partial charge in [0.1, 0.15) is 13.2 Å². The Kier molecular flexibility index (Phi) is 66.2. The van der Waals surface area contributed by atoms with Crippen molar-refractivity contribution in [2.45, 2.75) is 341 Å². The molecule has 0 fully saturated rings. The van der Waals surface area contributed by atoms with E-state index in [4.69, 9.17) is 14.2 Å². The summed E-state index contributed by atoms with van der Waals surface area (Å²) in [6.45, 7) is 6.53. The lowest BCUT2D eigenvalue weighted by Gasteiger charge is -2.18. The van der Waals surface area contributed by atoms with Gasteiger partial charge in [-0.25, -0.2) is 0 Å². The van der Waals surface area contributed by atoms with Crippen molar-refractivity contribution >= 4 is 17.9 Å². The maximum Gasteiger partial charge on any atom is 0.306 e. The molecule has 82 heavy (non-hydrogen) atoms. The fourth-order valence-electron chi connectivity index (χ4n) is 9.81. The van der Waals surface area contributed by atoms with E-state index in [1.54, 1.807) is 0 Å². The minimum Gasteiger partial charge on any atom is -0.462 e. The molecule has 0 spiro atoms. The summed E-state index contributed by atoms with van der Waals surface area (Å²) in [6.07, 6.45) is 95.4. The van der Waals surface area contributed by atoms with Gasteiger partial charge in [-0.05, 0) is 109 Å². The summed E-state index contributed by atoms with van der Waals surface area (Å²) in [6, 6.07) is 0. The summed E-state index contributed by atoms with van der Waals surface area (Å²) in [5.41, 5.74) is 0. The molecule has 0 N–H and O–H groups in total. The average Bonchev–Trinajstić information content (AvgIpc) is 3.47. The van der Waals surface area contributed by atoms with E-state index in [0.29, 0.717) is 19.3 Å². The molecule has 0 aromatic rings. The molecule has 0 radical (unpaired) electrons. The Morgan fingerprint density at radius 2 is 0.476 bits per heavy atom. The zero-order chi connectivity index (χ0) is 59.2. The van der Waals surface area contributed by atoms with Crippen LogP contribution < -0.4 is 0 Å². The van der Waals surface area contributed by atoms with E-state index in [1.165, 1.54) is 180 Å². The molecule has 0 aromatic heterocycles. The van der Waals surface area contributed by atoms with Crippen LogP contribution in [-0.4, -0.2) is 37.2 Å². The van der Waals surface area contributed by atoms with E-state index in [0.717, 1.165) is 116 Å². The highest BCUT2D eigenvalue weighted by Gasteiger charge is 2.19. The number of unbranched alkanes of at least 4 members (excludes halogenated alkanes) is 34. The molecule has 0 saturated carbocycles. The van der Waals surface area contributed by atoms with Crippen molar-refractivity contribution in [2.75, 3.05) is 13.2 Å². The molecule has 0 saturated heterocycles. The van der Waals surface area contributed by atoms with E-state index in [9.17, 15) is 14.4 Å². The molecule has 0 bridgehead atoms. The summed E-state index contributed by atoms with van der Waals surface area (Å²) in [4.78, 5) is 38.3. The van der Waals surface area contributed by atoms with Crippen LogP contribution in [0, 0.1) is 0 Å². The minimum absolute atomic E-state index is 0.0794. The fraction of sp³-hybridized carbons (Fsp3) is 0.724. The van der Waals surface area contributed by atoms with E-state index in [2.05, 4.69) is 130 Å². The number of hydrogen-bond acceptors (Lipinski definition) is 6. The number of allylic oxidation sites excluding steroid dienone is 18. The number of esters is 3. The Morgan fingerprint density at radius 1 is 0.256 bits per heavy atom. The van der Waals surface area contributed by atoms with Gasteiger partial charge in [-0.15, -0.1) is 0 Å². The third-order valence-electron chi connectivity index (χ3n) is 15.0. The lowest BCUT2D eigenvalue weighted by atomic mass is 10.0. The Hall–Kier alpha value is -3.93. The van der Waals surface area contributed by atoms with E-state index >= 15 is 0 Å². The lowest BCUT2D eigenvalue weighted by molar-refractivity contribution is -0.167. The molecule has 0 aromatic carbocycles. The smallest absolute Gasteiger partial charge is 0.306 e. The number of rotatable bonds is 63. The third kappa shape index (κ3) is 66.9. The molecular formula is C76H130O6. The number of ether oxygens (including phenoxy) is 3. The van der Waals surface area contributed by atoms with Crippen molar-refractivity contribution in [3.63, 3.8) is 0 Å². The largest absolute Gasteiger partial charge is 0.462 e. The zero-order valence-corrected chi connectivity index (χ0v) is 54.0. The van der Waals surface area contributed by atoms with Crippen LogP contribution in [0.1, 0.15) is 335 Å². The van der Waals surface area contributed by atoms with Gasteiger partial charge in [0.15, 0.2) is 6.10 Å². The summed E-state index contributed by atoms with van der Waals surface area (Å²) < 4.78 is 16.9. The van der Waals surface area contributed by atoms with Gasteiger partial charge in [-0.2, -0.15) is 0 Å². The Morgan fingerprint density at radius 3 is 0.768 bits per heavy atom. The normalized spacial score (nSPS) is 12.8. The maximum atomic E-state index is 12.9. The summed E-state index contributed by atoms with van der Waals surface area (Å²) in [5.74, 6) is -0.878. The average molecular weight is 1140 g/mol. The second-order valence-electron chi connectivity index (χ2n) is 23.1. The molecule has 0 rings (SSSR count). The molecule has 0 aliphatic rings. The lowest BCUT2D eigenvalue weighted by Crippen LogP contribution is -2.30. The van der Waals surface area contributed by atoms with Crippen molar-refractivity contribution in [2.24, 2.45) is 0 Å². The Labute approximate surface area is 508 Å². The van der Waals surface area contributed by atoms with Crippen molar-refractivity contribution < 1.29 is 28.6 Å². The second-order valence-corrected chi connectivity index (χ2v) is 23.1. The van der Waals surface area contributed by atoms with Gasteiger partial charge < -0.3 is 14.2 Å². The van der Waals surface area contributed by atoms with Crippen LogP contribution in [0.3, 0.4) is 0 Å². The number of carbonyl (C=O) groups excluding carboxylic acids is 3. The monoisotopic (exact) mass is 1140 g/mol. The highest BCUT2D eigenvalue weighted by molar-refractivity contribution is 5.71. The molecule has 0 amide bonds. The summed E-state index contributed by atoms with van der Waals surface area (Å²) in [5, 5.41) is 0. The predicted molar refractivity (Wildman–Crippen MR) is 357 cm³/mol. The van der Waals surface area contributed by atoms with Gasteiger partial charge in [0.05, 0.1) is 0 Å². The highest BCUT2D eigenvalue weighted by Crippen LogP contribution is 2.17. The molecule has 0 heterocycles. The number of carbonyl (C=O) groups is 3. The van der Waals surface area contributed by atoms with Crippen LogP contribution in [-0.2, 0) is 28.6 Å². The van der Waals surface area contributed by atoms with Crippen molar-refractivity contribution in [3.05, 3.63) is 109 Å². The van der Waals surface area contributed by atoms with Gasteiger partial charge in [0.25, 0.3) is 0 Å². The van der Waals surface area contributed by atoms with E-state index in [1.807, 2.05) is 0 Å². The standard InChI is InChI=1S/C76H130O6/c1-4-7-10-13-16-19-22-25-27-29-30-31-32-33-34-35-36-37-38-39-40-41-42-43-44-45-46-47-49-51-54-57-60-63-66-69-75(78)81-72-73(71-80-74(77)68-65-62-59-56-53-50-24-21-18-15-12-9-6-3)82-76(79)70-67-64-61-58-55-52-48-28-26-23-20-17-14-11-8-5-2/h7,10,16,19,21,24-25,27,30-31,33-34,36-37,39-40,42-43,73H,4-6,8-9,11-15,17-18,20,22-23,26,28-29,32,35,38,41,44-72H2,1-3H3/b10-7-,19-16-,24-21-,27-25-,31-30-,34-33-,37-36-,40-39-,43-42-. The van der Waals surface area contributed by atoms with Crippen LogP contribution in [0.5, 0.6) is 0 Å². The minimum atomic E-state index is -0.782. The quantitative estimate of drug-likeness (QED) is 0.0261. The molecular weight excluding hydrogens is 1010 g/mol. The van der Waals surface area contributed by atoms with Crippen LogP contribution in [0.4, 0.5) is 0 Å². The van der Waals surface area contributed by atoms with E-state index in [-0.39, 0.29) is 31.1 Å². The SMILES string of the molecule is CC/C=C\C/C=C\C/C=C\C/C=C\C/C=C\C/C=C\C/C=C\C/C=C\CCCCCCCCCCCCC(=O)OCC(COC(=O)CCCCCCC/C=C\CCCCCC)OC(=O)CCCCCCCCCCCCCCCCCC. The van der Waals surface area contributed by atoms with Crippen LogP contribution in [0.15, 0.2) is 109 Å². The molecule has 1 unspecified atom stereocenters. The first-order valence-corrected chi connectivity index (χ1v) is 34.9. The molecule has 0 aliphatic carbocycles. The number of hydrogen-bond donors (Lipinski definition) is 0. The fourth-order valence-corrected chi connectivity index (χ4v) is 9.81. The second kappa shape index (κ2) is 69.6. The van der Waals surface area contributed by atoms with Gasteiger partial charge in [0, 0.05) is 19.3 Å². The van der Waals surface area contributed by atoms with Gasteiger partial charge >= 0.3 is 17.9 Å². The van der Waals surface area contributed by atoms with Crippen LogP contribution >= 0.6 is 0 Å². The first-order valence-electron chi connectivity index (χ1n) is 34.9. The van der Waals surface area contributed by atoms with Crippen LogP contribution in [0.2, 0.25) is 0 Å². The van der Waals surface area contributed by atoms with E-state index < -0.39 is 6.10 Å². The van der Waals surface area contributed by atoms with Gasteiger partial charge in [-0.3, -0.25) is 14.4 Å². The highest BCUT2D eigenvalue weighted by atomic mass is 16.6. The molecule has 6 heteroatoms. The van der Waals surface area contributed by atoms with Crippen molar-refractivity contribution in [1.29, 1.82) is 0 Å². The zero-order valence-electron chi connectivity index (χ0n) is 54.0. The van der Waals surface area contributed by atoms with Gasteiger partial charge in [0.2, 0.25) is 0 Å². The third-order valence-corrected chi connectivity index (χ3v) is 15.0. The maximum absolute atomic E-state index is 12.9. The predicted octanol–water partition coefficient (Wildman–Crippen LogP) is 24.2. The van der Waals surface area contributed by atoms with Crippen molar-refractivity contribution in [3.8, 4) is 0 Å². The molecule has 1 atom stereocenters. The summed E-state index contributed by atoms with van der Waals surface area (Å²) in [7, 11) is 0. The first kappa shape index (κ1) is 78.1. The van der Waals surface area contributed by atoms with Gasteiger partial charge in [-0.1, -0.05) is 316 Å². The summed E-state index contributed by atoms with van der Waals surface area (Å²) >= 11 is 0. The Bertz CT molecular complexity index is 1640. The van der Waals surface area contributed by atoms with Crippen molar-refractivity contribution in [1.82, 2.24) is 0 Å². The molecule has 0 aliphatic heterocycles. The molecule has 6 nitrogen and oxygen atoms in total. The van der Waals surface area contributed by atoms with Crippen LogP contribution in [0.25, 0.3) is 0 Å². The topological polar surface area (TPSA) is 78.9 Å².